The number of nitrogens with zero attached hydrogens (tertiary/aromatic N) is 2. The van der Waals surface area contributed by atoms with E-state index in [-0.39, 0.29) is 33.8 Å². The minimum Gasteiger partial charge on any atom is -0.311 e. The van der Waals surface area contributed by atoms with E-state index >= 15 is 0 Å². The zero-order chi connectivity index (χ0) is 45.7. The quantitative estimate of drug-likeness (QED) is 0.163. The van der Waals surface area contributed by atoms with Crippen molar-refractivity contribution in [1.82, 2.24) is 0 Å². The number of hydrogen-bond acceptors (Lipinski definition) is 2. The summed E-state index contributed by atoms with van der Waals surface area (Å²) in [5.41, 5.74) is 26.9. The predicted octanol–water partition coefficient (Wildman–Crippen LogP) is 14.9. The molecule has 65 heavy (non-hydrogen) atoms. The molecular weight excluding hydrogens is 784 g/mol. The fraction of sp³-hybridized carbons (Fsp3) is 0.323. The molecule has 0 aromatic heterocycles. The summed E-state index contributed by atoms with van der Waals surface area (Å²) < 4.78 is 0. The van der Waals surface area contributed by atoms with Crippen LogP contribution in [0.15, 0.2) is 133 Å². The standard InChI is InChI=1S/C62H65BN2/c1-38-28-55-57-56(29-38)65(52-34-47-45(30-39(52)2)59(6,7)36-61(47,10)11)53-31-42(40-20-16-14-17-21-40)24-26-49(53)63(57)50-33-46-48(62(12,13)37-60(46,8)9)35-54(50)64(55)51-27-25-43(58(3,4)5)32-44(51)41-22-18-15-19-23-41/h14-35H,36-37H2,1-13H3. The summed E-state index contributed by atoms with van der Waals surface area (Å²) in [6, 6.07) is 52.1. The van der Waals surface area contributed by atoms with Gasteiger partial charge in [-0.3, -0.25) is 0 Å². The minimum absolute atomic E-state index is 0.00773. The molecule has 7 aromatic carbocycles. The van der Waals surface area contributed by atoms with Crippen LogP contribution in [0, 0.1) is 13.8 Å². The lowest BCUT2D eigenvalue weighted by molar-refractivity contribution is 0.402. The highest BCUT2D eigenvalue weighted by Crippen LogP contribution is 2.56. The van der Waals surface area contributed by atoms with Gasteiger partial charge in [0.2, 0.25) is 0 Å². The van der Waals surface area contributed by atoms with E-state index in [1.165, 1.54) is 112 Å². The first kappa shape index (κ1) is 41.9. The lowest BCUT2D eigenvalue weighted by Gasteiger charge is -2.46. The van der Waals surface area contributed by atoms with E-state index in [0.717, 1.165) is 12.8 Å². The maximum Gasteiger partial charge on any atom is 0.252 e. The van der Waals surface area contributed by atoms with Gasteiger partial charge in [0.1, 0.15) is 0 Å². The Morgan fingerprint density at radius 2 is 0.938 bits per heavy atom. The second kappa shape index (κ2) is 13.9. The number of aryl methyl sites for hydroxylation is 2. The zero-order valence-corrected chi connectivity index (χ0v) is 41.1. The van der Waals surface area contributed by atoms with Crippen LogP contribution < -0.4 is 26.2 Å². The van der Waals surface area contributed by atoms with Crippen molar-refractivity contribution in [2.24, 2.45) is 0 Å². The topological polar surface area (TPSA) is 6.48 Å². The summed E-state index contributed by atoms with van der Waals surface area (Å²) in [5.74, 6) is 0. The van der Waals surface area contributed by atoms with Crippen molar-refractivity contribution in [3.8, 4) is 22.3 Å². The Kier molecular flexibility index (Phi) is 8.93. The van der Waals surface area contributed by atoms with Crippen LogP contribution in [-0.4, -0.2) is 6.71 Å². The van der Waals surface area contributed by atoms with Gasteiger partial charge in [-0.15, -0.1) is 0 Å². The fourth-order valence-corrected chi connectivity index (χ4v) is 13.3. The second-order valence-electron chi connectivity index (χ2n) is 23.8. The second-order valence-corrected chi connectivity index (χ2v) is 23.8. The Balaban J connectivity index is 1.27. The molecule has 11 rings (SSSR count). The van der Waals surface area contributed by atoms with Gasteiger partial charge in [-0.2, -0.15) is 0 Å². The van der Waals surface area contributed by atoms with Crippen LogP contribution >= 0.6 is 0 Å². The van der Waals surface area contributed by atoms with Crippen LogP contribution in [0.5, 0.6) is 0 Å². The summed E-state index contributed by atoms with van der Waals surface area (Å²) in [4.78, 5) is 5.35. The molecule has 0 amide bonds. The number of anilines is 6. The SMILES string of the molecule is Cc1cc2c3c(c1)N(c1ccc(C(C)(C)C)cc1-c1ccccc1)c1cc4c(cc1B3c1ccc(-c3ccccc3)cc1N2c1cc2c(cc1C)C(C)(C)CC2(C)C)C(C)(C)CC4(C)C. The molecule has 7 aromatic rings. The monoisotopic (exact) mass is 849 g/mol. The van der Waals surface area contributed by atoms with Gasteiger partial charge < -0.3 is 9.80 Å². The van der Waals surface area contributed by atoms with Crippen molar-refractivity contribution < 1.29 is 0 Å². The molecule has 0 radical (unpaired) electrons. The highest BCUT2D eigenvalue weighted by Gasteiger charge is 2.49. The van der Waals surface area contributed by atoms with E-state index in [1.807, 2.05) is 0 Å². The van der Waals surface area contributed by atoms with Gasteiger partial charge in [0.15, 0.2) is 0 Å². The van der Waals surface area contributed by atoms with Gasteiger partial charge in [-0.25, -0.2) is 0 Å². The van der Waals surface area contributed by atoms with Crippen LogP contribution in [0.2, 0.25) is 0 Å². The molecular formula is C62H65BN2. The Hall–Kier alpha value is -5.80. The van der Waals surface area contributed by atoms with Gasteiger partial charge in [0.05, 0.1) is 5.69 Å². The average Bonchev–Trinajstić information content (AvgIpc) is 3.55. The van der Waals surface area contributed by atoms with Crippen molar-refractivity contribution >= 4 is 57.2 Å². The van der Waals surface area contributed by atoms with Crippen LogP contribution in [0.4, 0.5) is 34.1 Å². The van der Waals surface area contributed by atoms with Crippen molar-refractivity contribution in [2.45, 2.75) is 130 Å². The zero-order valence-electron chi connectivity index (χ0n) is 41.1. The van der Waals surface area contributed by atoms with Gasteiger partial charge >= 0.3 is 0 Å². The average molecular weight is 849 g/mol. The first-order chi connectivity index (χ1) is 30.6. The first-order valence-electron chi connectivity index (χ1n) is 24.1. The third-order valence-corrected chi connectivity index (χ3v) is 15.9. The normalized spacial score (nSPS) is 17.9. The van der Waals surface area contributed by atoms with E-state index in [0.29, 0.717) is 0 Å². The maximum atomic E-state index is 2.68. The lowest BCUT2D eigenvalue weighted by atomic mass is 9.33. The van der Waals surface area contributed by atoms with Crippen LogP contribution in [0.25, 0.3) is 22.3 Å². The van der Waals surface area contributed by atoms with E-state index in [4.69, 9.17) is 0 Å². The van der Waals surface area contributed by atoms with Gasteiger partial charge in [-0.05, 0) is 168 Å². The smallest absolute Gasteiger partial charge is 0.252 e. The van der Waals surface area contributed by atoms with Gasteiger partial charge in [0, 0.05) is 34.0 Å². The van der Waals surface area contributed by atoms with Crippen molar-refractivity contribution in [3.63, 3.8) is 0 Å². The van der Waals surface area contributed by atoms with E-state index in [2.05, 4.69) is 233 Å². The third-order valence-electron chi connectivity index (χ3n) is 15.9. The van der Waals surface area contributed by atoms with Crippen LogP contribution in [0.1, 0.15) is 128 Å². The largest absolute Gasteiger partial charge is 0.311 e. The number of fused-ring (bicyclic) bond motifs is 6. The van der Waals surface area contributed by atoms with E-state index in [9.17, 15) is 0 Å². The number of rotatable bonds is 4. The summed E-state index contributed by atoms with van der Waals surface area (Å²) >= 11 is 0. The first-order valence-corrected chi connectivity index (χ1v) is 24.1. The molecule has 0 fully saturated rings. The van der Waals surface area contributed by atoms with Gasteiger partial charge in [-0.1, -0.05) is 167 Å². The predicted molar refractivity (Wildman–Crippen MR) is 281 cm³/mol. The van der Waals surface area contributed by atoms with Gasteiger partial charge in [0.25, 0.3) is 6.71 Å². The van der Waals surface area contributed by atoms with Crippen molar-refractivity contribution in [1.29, 1.82) is 0 Å². The Bertz CT molecular complexity index is 3110. The fourth-order valence-electron chi connectivity index (χ4n) is 13.3. The van der Waals surface area contributed by atoms with Crippen molar-refractivity contribution in [2.75, 3.05) is 9.80 Å². The lowest BCUT2D eigenvalue weighted by Crippen LogP contribution is -2.61. The molecule has 0 spiro atoms. The molecule has 0 atom stereocenters. The number of benzene rings is 7. The highest BCUT2D eigenvalue weighted by molar-refractivity contribution is 7.00. The molecule has 0 bridgehead atoms. The highest BCUT2D eigenvalue weighted by atomic mass is 15.2. The van der Waals surface area contributed by atoms with Crippen LogP contribution in [-0.2, 0) is 27.1 Å². The minimum atomic E-state index is -0.00773. The van der Waals surface area contributed by atoms with E-state index < -0.39 is 0 Å². The number of hydrogen-bond donors (Lipinski definition) is 0. The molecule has 2 aliphatic carbocycles. The molecule has 326 valence electrons. The molecule has 0 N–H and O–H groups in total. The molecule has 2 heterocycles. The molecule has 2 nitrogen and oxygen atoms in total. The van der Waals surface area contributed by atoms with Crippen molar-refractivity contribution in [3.05, 3.63) is 172 Å². The Morgan fingerprint density at radius 3 is 1.52 bits per heavy atom. The summed E-state index contributed by atoms with van der Waals surface area (Å²) in [6.07, 6.45) is 2.25. The summed E-state index contributed by atoms with van der Waals surface area (Å²) in [6.45, 7) is 31.3. The van der Waals surface area contributed by atoms with Crippen LogP contribution in [0.3, 0.4) is 0 Å². The Morgan fingerprint density at radius 1 is 0.431 bits per heavy atom. The molecule has 0 unspecified atom stereocenters. The molecule has 2 aliphatic heterocycles. The molecule has 3 heteroatoms. The van der Waals surface area contributed by atoms with E-state index in [1.54, 1.807) is 0 Å². The summed E-state index contributed by atoms with van der Waals surface area (Å²) in [7, 11) is 0. The molecule has 0 saturated carbocycles. The Labute approximate surface area is 389 Å². The summed E-state index contributed by atoms with van der Waals surface area (Å²) in [5, 5.41) is 0. The third kappa shape index (κ3) is 6.35. The molecule has 4 aliphatic rings. The maximum absolute atomic E-state index is 2.68. The molecule has 0 saturated heterocycles.